The first kappa shape index (κ1) is 16.7. The van der Waals surface area contributed by atoms with Gasteiger partial charge >= 0.3 is 0 Å². The average molecular weight is 282 g/mol. The first-order valence-corrected chi connectivity index (χ1v) is 10.4. The number of rotatable bonds is 5. The van der Waals surface area contributed by atoms with Gasteiger partial charge in [-0.3, -0.25) is 4.90 Å². The van der Waals surface area contributed by atoms with Crippen molar-refractivity contribution in [3.8, 4) is 6.07 Å². The summed E-state index contributed by atoms with van der Waals surface area (Å²) in [5.74, 6) is 0.851. The molecule has 3 nitrogen and oxygen atoms in total. The molecule has 0 spiro atoms. The number of hydrogen-bond donors (Lipinski definition) is 0. The van der Waals surface area contributed by atoms with Gasteiger partial charge in [-0.1, -0.05) is 40.8 Å². The van der Waals surface area contributed by atoms with E-state index in [1.165, 1.54) is 6.54 Å². The minimum atomic E-state index is -1.46. The smallest absolute Gasteiger partial charge is 0.129 e. The van der Waals surface area contributed by atoms with Gasteiger partial charge < -0.3 is 4.57 Å². The van der Waals surface area contributed by atoms with E-state index in [1.807, 2.05) is 6.92 Å². The summed E-state index contributed by atoms with van der Waals surface area (Å²) in [6, 6.07) is 2.35. The van der Waals surface area contributed by atoms with Gasteiger partial charge in [0.1, 0.15) is 8.24 Å². The molecule has 0 aromatic heterocycles. The standard InChI is InChI=1S/C15H31N3Si/c1-13(2)15(4,5)19(6,7)18-9-8-17(12-18)11-14(3)10-16/h13-14H,8-9,11-12H2,1-7H3. The van der Waals surface area contributed by atoms with Gasteiger partial charge in [-0.15, -0.1) is 0 Å². The van der Waals surface area contributed by atoms with E-state index in [4.69, 9.17) is 5.26 Å². The van der Waals surface area contributed by atoms with Gasteiger partial charge in [-0.2, -0.15) is 5.26 Å². The highest BCUT2D eigenvalue weighted by Gasteiger charge is 2.47. The third kappa shape index (κ3) is 3.39. The molecule has 1 rings (SSSR count). The third-order valence-electron chi connectivity index (χ3n) is 5.62. The summed E-state index contributed by atoms with van der Waals surface area (Å²) in [5.41, 5.74) is 0. The fourth-order valence-corrected chi connectivity index (χ4v) is 6.23. The second-order valence-electron chi connectivity index (χ2n) is 7.45. The largest absolute Gasteiger partial charge is 0.310 e. The second-order valence-corrected chi connectivity index (χ2v) is 12.5. The van der Waals surface area contributed by atoms with Gasteiger partial charge in [-0.05, 0) is 17.9 Å². The molecule has 1 heterocycles. The molecule has 4 heteroatoms. The maximum absolute atomic E-state index is 8.94. The minimum absolute atomic E-state index is 0.142. The molecule has 0 radical (unpaired) electrons. The van der Waals surface area contributed by atoms with Crippen molar-refractivity contribution in [3.05, 3.63) is 0 Å². The zero-order valence-electron chi connectivity index (χ0n) is 13.8. The fraction of sp³-hybridized carbons (Fsp3) is 0.933. The zero-order chi connectivity index (χ0) is 14.8. The molecule has 0 aromatic carbocycles. The average Bonchev–Trinajstić information content (AvgIpc) is 2.77. The summed E-state index contributed by atoms with van der Waals surface area (Å²) in [5, 5.41) is 9.35. The Morgan fingerprint density at radius 3 is 2.26 bits per heavy atom. The topological polar surface area (TPSA) is 30.3 Å². The van der Waals surface area contributed by atoms with Crippen LogP contribution in [0, 0.1) is 23.2 Å². The second kappa shape index (κ2) is 5.95. The molecular formula is C15H31N3Si. The van der Waals surface area contributed by atoms with Crippen LogP contribution in [0.5, 0.6) is 0 Å². The lowest BCUT2D eigenvalue weighted by Crippen LogP contribution is -2.56. The quantitative estimate of drug-likeness (QED) is 0.724. The number of nitriles is 1. The maximum Gasteiger partial charge on any atom is 0.129 e. The summed E-state index contributed by atoms with van der Waals surface area (Å²) in [4.78, 5) is 2.44. The normalized spacial score (nSPS) is 20.8. The Morgan fingerprint density at radius 2 is 1.79 bits per heavy atom. The summed E-state index contributed by atoms with van der Waals surface area (Å²) in [6.45, 7) is 20.9. The molecule has 0 N–H and O–H groups in total. The molecule has 0 bridgehead atoms. The Balaban J connectivity index is 2.71. The van der Waals surface area contributed by atoms with Crippen LogP contribution in [-0.4, -0.2) is 44.0 Å². The van der Waals surface area contributed by atoms with Crippen molar-refractivity contribution in [2.45, 2.75) is 52.8 Å². The van der Waals surface area contributed by atoms with Crippen molar-refractivity contribution < 1.29 is 0 Å². The Bertz CT molecular complexity index is 344. The van der Waals surface area contributed by atoms with Gasteiger partial charge in [0.05, 0.1) is 12.0 Å². The maximum atomic E-state index is 8.94. The Morgan fingerprint density at radius 1 is 1.21 bits per heavy atom. The van der Waals surface area contributed by atoms with Crippen LogP contribution in [0.3, 0.4) is 0 Å². The van der Waals surface area contributed by atoms with E-state index >= 15 is 0 Å². The van der Waals surface area contributed by atoms with E-state index in [0.29, 0.717) is 11.0 Å². The molecular weight excluding hydrogens is 250 g/mol. The van der Waals surface area contributed by atoms with E-state index in [-0.39, 0.29) is 5.92 Å². The summed E-state index contributed by atoms with van der Waals surface area (Å²) < 4.78 is 2.72. The van der Waals surface area contributed by atoms with Gasteiger partial charge in [-0.25, -0.2) is 0 Å². The van der Waals surface area contributed by atoms with Gasteiger partial charge in [0.25, 0.3) is 0 Å². The summed E-state index contributed by atoms with van der Waals surface area (Å²) in [6.07, 6.45) is 0. The summed E-state index contributed by atoms with van der Waals surface area (Å²) >= 11 is 0. The lowest BCUT2D eigenvalue weighted by Gasteiger charge is -2.48. The lowest BCUT2D eigenvalue weighted by atomic mass is 9.99. The van der Waals surface area contributed by atoms with Gasteiger partial charge in [0.15, 0.2) is 0 Å². The van der Waals surface area contributed by atoms with Crippen molar-refractivity contribution >= 4 is 8.24 Å². The van der Waals surface area contributed by atoms with Gasteiger partial charge in [0.2, 0.25) is 0 Å². The number of hydrogen-bond acceptors (Lipinski definition) is 3. The molecule has 1 aliphatic rings. The van der Waals surface area contributed by atoms with E-state index in [9.17, 15) is 0 Å². The molecule has 1 fully saturated rings. The molecule has 0 saturated carbocycles. The van der Waals surface area contributed by atoms with Crippen LogP contribution in [-0.2, 0) is 0 Å². The molecule has 110 valence electrons. The molecule has 1 aliphatic heterocycles. The Hall–Kier alpha value is -0.373. The highest BCUT2D eigenvalue weighted by molar-refractivity contribution is 6.77. The van der Waals surface area contributed by atoms with Crippen LogP contribution >= 0.6 is 0 Å². The third-order valence-corrected chi connectivity index (χ3v) is 11.3. The molecule has 0 aliphatic carbocycles. The SMILES string of the molecule is CC(C#N)CN1CCN([Si](C)(C)C(C)(C)C(C)C)C1. The molecule has 1 atom stereocenters. The van der Waals surface area contributed by atoms with Crippen LogP contribution in [0.4, 0.5) is 0 Å². The minimum Gasteiger partial charge on any atom is -0.310 e. The predicted molar refractivity (Wildman–Crippen MR) is 84.3 cm³/mol. The highest BCUT2D eigenvalue weighted by Crippen LogP contribution is 2.46. The highest BCUT2D eigenvalue weighted by atomic mass is 28.3. The van der Waals surface area contributed by atoms with E-state index in [2.05, 4.69) is 56.3 Å². The molecule has 0 aromatic rings. The molecule has 1 unspecified atom stereocenters. The van der Waals surface area contributed by atoms with Crippen LogP contribution in [0.2, 0.25) is 18.1 Å². The van der Waals surface area contributed by atoms with Crippen molar-refractivity contribution in [2.24, 2.45) is 11.8 Å². The predicted octanol–water partition coefficient (Wildman–Crippen LogP) is 3.36. The Labute approximate surface area is 120 Å². The first-order chi connectivity index (χ1) is 8.62. The lowest BCUT2D eigenvalue weighted by molar-refractivity contribution is 0.275. The van der Waals surface area contributed by atoms with E-state index in [1.54, 1.807) is 0 Å². The van der Waals surface area contributed by atoms with Crippen LogP contribution < -0.4 is 0 Å². The van der Waals surface area contributed by atoms with Crippen molar-refractivity contribution in [3.63, 3.8) is 0 Å². The fourth-order valence-electron chi connectivity index (χ4n) is 2.79. The molecule has 0 amide bonds. The first-order valence-electron chi connectivity index (χ1n) is 7.50. The van der Waals surface area contributed by atoms with Crippen LogP contribution in [0.15, 0.2) is 0 Å². The van der Waals surface area contributed by atoms with E-state index in [0.717, 1.165) is 19.8 Å². The molecule has 1 saturated heterocycles. The summed E-state index contributed by atoms with van der Waals surface area (Å²) in [7, 11) is -1.46. The van der Waals surface area contributed by atoms with Crippen molar-refractivity contribution in [2.75, 3.05) is 26.3 Å². The van der Waals surface area contributed by atoms with Crippen molar-refractivity contribution in [1.29, 1.82) is 5.26 Å². The van der Waals surface area contributed by atoms with Crippen molar-refractivity contribution in [1.82, 2.24) is 9.47 Å². The van der Waals surface area contributed by atoms with Crippen LogP contribution in [0.1, 0.15) is 34.6 Å². The van der Waals surface area contributed by atoms with Crippen LogP contribution in [0.25, 0.3) is 0 Å². The Kier molecular flexibility index (Phi) is 5.22. The monoisotopic (exact) mass is 281 g/mol. The number of nitrogens with zero attached hydrogens (tertiary/aromatic N) is 3. The van der Waals surface area contributed by atoms with E-state index < -0.39 is 8.24 Å². The van der Waals surface area contributed by atoms with Gasteiger partial charge in [0, 0.05) is 26.3 Å². The zero-order valence-corrected chi connectivity index (χ0v) is 14.8. The molecule has 19 heavy (non-hydrogen) atoms.